The van der Waals surface area contributed by atoms with Gasteiger partial charge < -0.3 is 20.6 Å². The molecule has 11 nitrogen and oxygen atoms in total. The van der Waals surface area contributed by atoms with Crippen molar-refractivity contribution in [3.05, 3.63) is 90.0 Å². The molecule has 0 spiro atoms. The van der Waals surface area contributed by atoms with E-state index < -0.39 is 28.0 Å². The van der Waals surface area contributed by atoms with Crippen molar-refractivity contribution < 1.29 is 27.1 Å². The molecule has 0 radical (unpaired) electrons. The Morgan fingerprint density at radius 2 is 1.65 bits per heavy atom. The number of aromatic nitrogens is 3. The molecule has 1 atom stereocenters. The van der Waals surface area contributed by atoms with Crippen LogP contribution in [0.2, 0.25) is 0 Å². The Morgan fingerprint density at radius 3 is 2.28 bits per heavy atom. The summed E-state index contributed by atoms with van der Waals surface area (Å²) in [4.78, 5) is 29.0. The van der Waals surface area contributed by atoms with Crippen molar-refractivity contribution in [2.75, 3.05) is 42.5 Å². The molecule has 2 saturated heterocycles. The number of hydrogen-bond donors (Lipinski definition) is 1. The van der Waals surface area contributed by atoms with Gasteiger partial charge in [-0.1, -0.05) is 36.8 Å². The van der Waals surface area contributed by atoms with Crippen LogP contribution < -0.4 is 9.80 Å². The normalized spacial score (nSPS) is 17.5. The number of benzene rings is 2. The number of halogens is 2. The van der Waals surface area contributed by atoms with Gasteiger partial charge in [-0.3, -0.25) is 9.78 Å². The lowest BCUT2D eigenvalue weighted by molar-refractivity contribution is -0.141. The maximum Gasteiger partial charge on any atom is 0.323 e. The molecule has 0 bridgehead atoms. The van der Waals surface area contributed by atoms with Gasteiger partial charge in [0.15, 0.2) is 0 Å². The van der Waals surface area contributed by atoms with Crippen molar-refractivity contribution in [1.29, 1.82) is 0 Å². The van der Waals surface area contributed by atoms with Crippen LogP contribution in [0.3, 0.4) is 0 Å². The molecule has 14 heteroatoms. The average Bonchev–Trinajstić information content (AvgIpc) is 3.63. The summed E-state index contributed by atoms with van der Waals surface area (Å²) in [6.45, 7) is 3.83. The van der Waals surface area contributed by atoms with E-state index in [1.54, 1.807) is 66.0 Å². The highest BCUT2D eigenvalue weighted by Crippen LogP contribution is 2.31. The second kappa shape index (κ2) is 14.0. The van der Waals surface area contributed by atoms with Crippen molar-refractivity contribution in [2.45, 2.75) is 49.6 Å². The molecule has 0 saturated carbocycles. The molecule has 2 aromatic heterocycles. The van der Waals surface area contributed by atoms with Crippen molar-refractivity contribution in [3.8, 4) is 0 Å². The number of fused-ring (bicyclic) bond motifs is 1. The highest BCUT2D eigenvalue weighted by molar-refractivity contribution is 7.89. The van der Waals surface area contributed by atoms with Gasteiger partial charge in [0.1, 0.15) is 17.4 Å². The van der Waals surface area contributed by atoms with Crippen molar-refractivity contribution in [3.63, 3.8) is 0 Å². The molecule has 46 heavy (non-hydrogen) atoms. The van der Waals surface area contributed by atoms with Crippen LogP contribution in [0, 0.1) is 0 Å². The number of alkyl halides is 2. The Labute approximate surface area is 266 Å². The standard InChI is InChI=1S/C22H24N6O4S.C10H12F2N/c29-22(30)20-15-27(21-14-24-19-13-23-8-7-18(19)25-21)11-12-28(20)33(31,32)17-5-3-16(4-6-17)26-9-1-2-10-26;1-2-10(11,12)9-5-3-8(7-13)4-6-9/h3-8,13-14,20H,1-2,9-12,15H2,(H,29,30);3-6,13H,2,7H2,1H3/q;-1/t20-;/m1./s1. The molecule has 0 aliphatic carbocycles. The summed E-state index contributed by atoms with van der Waals surface area (Å²) >= 11 is 0. The maximum absolute atomic E-state index is 13.3. The van der Waals surface area contributed by atoms with E-state index in [0.717, 1.165) is 41.5 Å². The number of piperazine rings is 1. The fourth-order valence-corrected chi connectivity index (χ4v) is 7.04. The first-order valence-electron chi connectivity index (χ1n) is 15.1. The van der Waals surface area contributed by atoms with Gasteiger partial charge in [-0.2, -0.15) is 4.31 Å². The van der Waals surface area contributed by atoms with Gasteiger partial charge in [0.2, 0.25) is 10.0 Å². The fourth-order valence-electron chi connectivity index (χ4n) is 5.48. The lowest BCUT2D eigenvalue weighted by Crippen LogP contribution is -2.58. The molecule has 6 rings (SSSR count). The zero-order valence-corrected chi connectivity index (χ0v) is 26.2. The number of nitrogens with zero attached hydrogens (tertiary/aromatic N) is 6. The topological polar surface area (TPSA) is 144 Å². The average molecular weight is 653 g/mol. The van der Waals surface area contributed by atoms with Gasteiger partial charge in [0.25, 0.3) is 5.92 Å². The molecule has 2 aliphatic heterocycles. The van der Waals surface area contributed by atoms with Gasteiger partial charge in [-0.25, -0.2) is 27.2 Å². The summed E-state index contributed by atoms with van der Waals surface area (Å²) in [7, 11) is -3.97. The Kier molecular flexibility index (Phi) is 10.1. The smallest absolute Gasteiger partial charge is 0.323 e. The Balaban J connectivity index is 0.000000270. The molecule has 2 fully saturated rings. The van der Waals surface area contributed by atoms with Gasteiger partial charge in [-0.15, -0.1) is 6.54 Å². The first kappa shape index (κ1) is 33.1. The summed E-state index contributed by atoms with van der Waals surface area (Å²) in [5.74, 6) is -3.43. The number of carboxylic acid groups (broad SMARTS) is 1. The number of nitrogens with one attached hydrogen (secondary N) is 1. The van der Waals surface area contributed by atoms with E-state index in [1.807, 2.05) is 0 Å². The zero-order chi connectivity index (χ0) is 32.9. The van der Waals surface area contributed by atoms with E-state index in [0.29, 0.717) is 23.4 Å². The van der Waals surface area contributed by atoms with Crippen LogP contribution in [0.1, 0.15) is 37.3 Å². The van der Waals surface area contributed by atoms with Crippen LogP contribution in [0.4, 0.5) is 20.3 Å². The summed E-state index contributed by atoms with van der Waals surface area (Å²) in [6.07, 6.45) is 6.84. The first-order chi connectivity index (χ1) is 22.0. The molecule has 2 aliphatic rings. The van der Waals surface area contributed by atoms with Crippen LogP contribution in [0.25, 0.3) is 16.8 Å². The lowest BCUT2D eigenvalue weighted by Gasteiger charge is -2.38. The highest BCUT2D eigenvalue weighted by atomic mass is 32.2. The predicted octanol–water partition coefficient (Wildman–Crippen LogP) is 5.33. The molecule has 244 valence electrons. The molecular weight excluding hydrogens is 616 g/mol. The molecule has 4 heterocycles. The number of carboxylic acids is 1. The minimum atomic E-state index is -3.97. The third-order valence-electron chi connectivity index (χ3n) is 8.21. The molecule has 4 aromatic rings. The van der Waals surface area contributed by atoms with Gasteiger partial charge in [-0.05, 0) is 43.2 Å². The summed E-state index contributed by atoms with van der Waals surface area (Å²) < 4.78 is 53.9. The summed E-state index contributed by atoms with van der Waals surface area (Å²) in [5.41, 5.74) is 10.1. The quantitative estimate of drug-likeness (QED) is 0.267. The van der Waals surface area contributed by atoms with Crippen LogP contribution in [0.15, 0.2) is 78.1 Å². The highest BCUT2D eigenvalue weighted by Gasteiger charge is 2.40. The Morgan fingerprint density at radius 1 is 0.957 bits per heavy atom. The number of aliphatic carboxylic acids is 1. The monoisotopic (exact) mass is 652 g/mol. The van der Waals surface area contributed by atoms with Crippen LogP contribution in [-0.4, -0.2) is 77.5 Å². The predicted molar refractivity (Wildman–Crippen MR) is 171 cm³/mol. The van der Waals surface area contributed by atoms with Gasteiger partial charge in [0, 0.05) is 56.6 Å². The van der Waals surface area contributed by atoms with Crippen molar-refractivity contribution in [1.82, 2.24) is 19.3 Å². The minimum absolute atomic E-state index is 0.0221. The number of pyridine rings is 1. The van der Waals surface area contributed by atoms with Crippen LogP contribution in [0.5, 0.6) is 0 Å². The van der Waals surface area contributed by atoms with Crippen LogP contribution >= 0.6 is 0 Å². The summed E-state index contributed by atoms with van der Waals surface area (Å²) in [5, 5.41) is 9.86. The van der Waals surface area contributed by atoms with Crippen LogP contribution in [-0.2, 0) is 27.3 Å². The molecule has 2 aromatic carbocycles. The Bertz CT molecular complexity index is 1750. The second-order valence-electron chi connectivity index (χ2n) is 11.1. The van der Waals surface area contributed by atoms with E-state index in [1.165, 1.54) is 19.1 Å². The number of anilines is 2. The van der Waals surface area contributed by atoms with E-state index in [4.69, 9.17) is 5.73 Å². The van der Waals surface area contributed by atoms with E-state index in [9.17, 15) is 27.1 Å². The second-order valence-corrected chi connectivity index (χ2v) is 13.0. The SMILES string of the molecule is CCC(F)(F)c1ccc(C[NH-])cc1.O=C(O)[C@H]1CN(c2cnc3cnccc3n2)CCN1S(=O)(=O)c1ccc(N2CCCC2)cc1. The third-order valence-corrected chi connectivity index (χ3v) is 10.1. The Hall–Kier alpha value is -4.27. The van der Waals surface area contributed by atoms with E-state index in [-0.39, 0.29) is 36.5 Å². The van der Waals surface area contributed by atoms with Gasteiger partial charge >= 0.3 is 5.97 Å². The van der Waals surface area contributed by atoms with Crippen molar-refractivity contribution >= 4 is 38.5 Å². The first-order valence-corrected chi connectivity index (χ1v) is 16.5. The fraction of sp³-hybridized carbons (Fsp3) is 0.375. The van der Waals surface area contributed by atoms with E-state index in [2.05, 4.69) is 19.9 Å². The number of sulfonamides is 1. The number of hydrogen-bond acceptors (Lipinski definition) is 8. The number of carbonyl (C=O) groups is 1. The molecular formula is C32H36F2N7O4S-. The molecule has 0 unspecified atom stereocenters. The third kappa shape index (κ3) is 7.24. The van der Waals surface area contributed by atoms with E-state index >= 15 is 0 Å². The molecule has 0 amide bonds. The number of rotatable bonds is 8. The minimum Gasteiger partial charge on any atom is -0.674 e. The largest absolute Gasteiger partial charge is 0.674 e. The summed E-state index contributed by atoms with van der Waals surface area (Å²) in [6, 6.07) is 13.2. The maximum atomic E-state index is 13.3. The lowest BCUT2D eigenvalue weighted by atomic mass is 10.0. The van der Waals surface area contributed by atoms with Crippen molar-refractivity contribution in [2.24, 2.45) is 0 Å². The zero-order valence-electron chi connectivity index (χ0n) is 25.4. The molecule has 2 N–H and O–H groups in total. The van der Waals surface area contributed by atoms with Gasteiger partial charge in [0.05, 0.1) is 22.8 Å².